The van der Waals surface area contributed by atoms with Gasteiger partial charge >= 0.3 is 6.85 Å². The van der Waals surface area contributed by atoms with Crippen LogP contribution in [0.3, 0.4) is 0 Å². The Balaban J connectivity index is 1.18. The number of aromatic nitrogens is 1. The number of hydrogen-bond donors (Lipinski definition) is 0. The Morgan fingerprint density at radius 1 is 0.478 bits per heavy atom. The molecule has 0 saturated carbocycles. The Kier molecular flexibility index (Phi) is 8.01. The smallest absolute Gasteiger partial charge is 0.333 e. The summed E-state index contributed by atoms with van der Waals surface area (Å²) in [6.07, 6.45) is 0. The average Bonchev–Trinajstić information content (AvgIpc) is 3.92. The maximum Gasteiger partial charge on any atom is 0.333 e. The van der Waals surface area contributed by atoms with Crippen molar-refractivity contribution in [3.05, 3.63) is 218 Å². The molecule has 0 atom stereocenters. The second-order valence-electron chi connectivity index (χ2n) is 19.2. The van der Waals surface area contributed by atoms with Crippen molar-refractivity contribution in [2.24, 2.45) is 0 Å². The largest absolute Gasteiger partial charge is 0.456 e. The molecule has 67 heavy (non-hydrogen) atoms. The predicted octanol–water partition coefficient (Wildman–Crippen LogP) is 15.7. The molecule has 0 fully saturated rings. The molecule has 4 nitrogen and oxygen atoms in total. The first-order valence-corrected chi connectivity index (χ1v) is 23.4. The molecule has 0 spiro atoms. The van der Waals surface area contributed by atoms with Gasteiger partial charge in [0.25, 0.3) is 0 Å². The molecule has 0 unspecified atom stereocenters. The number of para-hydroxylation sites is 4. The van der Waals surface area contributed by atoms with Crippen molar-refractivity contribution in [2.45, 2.75) is 26.2 Å². The minimum absolute atomic E-state index is 0.0688. The zero-order valence-electron chi connectivity index (χ0n) is 37.5. The Bertz CT molecular complexity index is 3940. The molecule has 0 N–H and O–H groups in total. The molecule has 14 rings (SSSR count). The topological polar surface area (TPSA) is 24.6 Å². The van der Waals surface area contributed by atoms with E-state index in [2.05, 4.69) is 247 Å². The molecule has 0 bridgehead atoms. The fourth-order valence-corrected chi connectivity index (χ4v) is 11.5. The summed E-state index contributed by atoms with van der Waals surface area (Å²) in [6.45, 7) is 6.77. The van der Waals surface area contributed by atoms with Gasteiger partial charge in [0.05, 0.1) is 16.8 Å². The molecule has 2 aromatic heterocycles. The average molecular weight is 858 g/mol. The quantitative estimate of drug-likeness (QED) is 0.161. The first kappa shape index (κ1) is 38.0. The van der Waals surface area contributed by atoms with Crippen LogP contribution in [0.15, 0.2) is 217 Å². The number of hydrogen-bond acceptors (Lipinski definition) is 3. The van der Waals surface area contributed by atoms with Gasteiger partial charge in [0.2, 0.25) is 0 Å². The fraction of sp³-hybridized carbons (Fsp3) is 0.0645. The lowest BCUT2D eigenvalue weighted by Gasteiger charge is -2.42. The predicted molar refractivity (Wildman–Crippen MR) is 284 cm³/mol. The van der Waals surface area contributed by atoms with Gasteiger partial charge in [-0.3, -0.25) is 0 Å². The summed E-state index contributed by atoms with van der Waals surface area (Å²) in [6, 6.07) is 78.2. The summed E-state index contributed by atoms with van der Waals surface area (Å²) in [5, 5.41) is 7.30. The van der Waals surface area contributed by atoms with E-state index in [-0.39, 0.29) is 12.3 Å². The summed E-state index contributed by atoms with van der Waals surface area (Å²) in [4.78, 5) is 4.99. The van der Waals surface area contributed by atoms with E-state index >= 15 is 0 Å². The molecule has 316 valence electrons. The van der Waals surface area contributed by atoms with E-state index in [4.69, 9.17) is 4.42 Å². The van der Waals surface area contributed by atoms with Crippen LogP contribution in [-0.2, 0) is 5.41 Å². The van der Waals surface area contributed by atoms with Gasteiger partial charge in [-0.2, -0.15) is 0 Å². The van der Waals surface area contributed by atoms with Crippen LogP contribution in [0.4, 0.5) is 34.1 Å². The molecule has 2 aliphatic heterocycles. The number of fused-ring (bicyclic) bond motifs is 13. The van der Waals surface area contributed by atoms with Crippen molar-refractivity contribution in [3.8, 4) is 22.3 Å². The van der Waals surface area contributed by atoms with Gasteiger partial charge in [-0.05, 0) is 111 Å². The van der Waals surface area contributed by atoms with Gasteiger partial charge in [-0.25, -0.2) is 0 Å². The maximum absolute atomic E-state index is 7.01. The minimum Gasteiger partial charge on any atom is -0.456 e. The second-order valence-corrected chi connectivity index (χ2v) is 19.2. The van der Waals surface area contributed by atoms with E-state index < -0.39 is 0 Å². The number of nitrogens with zero attached hydrogens (tertiary/aromatic N) is 3. The molecule has 4 heterocycles. The van der Waals surface area contributed by atoms with Crippen molar-refractivity contribution in [2.75, 3.05) is 9.80 Å². The van der Waals surface area contributed by atoms with Crippen LogP contribution in [0.2, 0.25) is 0 Å². The molecule has 0 amide bonds. The van der Waals surface area contributed by atoms with Crippen LogP contribution in [0, 0.1) is 0 Å². The van der Waals surface area contributed by atoms with Crippen LogP contribution in [0.5, 0.6) is 0 Å². The van der Waals surface area contributed by atoms with Gasteiger partial charge in [0, 0.05) is 61.1 Å². The minimum atomic E-state index is -0.157. The number of furan rings is 1. The lowest BCUT2D eigenvalue weighted by molar-refractivity contribution is 0.590. The number of rotatable bonds is 5. The molecule has 0 saturated heterocycles. The molecular formula is C62H44BN3O. The summed E-state index contributed by atoms with van der Waals surface area (Å²) in [5.41, 5.74) is 19.5. The van der Waals surface area contributed by atoms with Crippen LogP contribution in [0.25, 0.3) is 76.8 Å². The van der Waals surface area contributed by atoms with Crippen molar-refractivity contribution < 1.29 is 4.42 Å². The molecule has 12 aromatic rings. The molecule has 5 heteroatoms. The van der Waals surface area contributed by atoms with Crippen molar-refractivity contribution in [1.29, 1.82) is 0 Å². The zero-order chi connectivity index (χ0) is 44.5. The molecule has 10 aromatic carbocycles. The Morgan fingerprint density at radius 3 is 1.93 bits per heavy atom. The van der Waals surface area contributed by atoms with E-state index in [0.717, 1.165) is 56.1 Å². The number of benzene rings is 10. The highest BCUT2D eigenvalue weighted by Gasteiger charge is 2.45. The van der Waals surface area contributed by atoms with Gasteiger partial charge in [-0.15, -0.1) is 0 Å². The lowest BCUT2D eigenvalue weighted by Crippen LogP contribution is -2.56. The molecule has 0 radical (unpaired) electrons. The van der Waals surface area contributed by atoms with Crippen molar-refractivity contribution in [3.63, 3.8) is 0 Å². The molecule has 0 aliphatic carbocycles. The van der Waals surface area contributed by atoms with Gasteiger partial charge < -0.3 is 18.7 Å². The maximum atomic E-state index is 7.01. The van der Waals surface area contributed by atoms with Crippen LogP contribution in [0.1, 0.15) is 26.3 Å². The van der Waals surface area contributed by atoms with Crippen molar-refractivity contribution in [1.82, 2.24) is 4.48 Å². The highest BCUT2D eigenvalue weighted by molar-refractivity contribution is 6.90. The summed E-state index contributed by atoms with van der Waals surface area (Å²) < 4.78 is 9.68. The van der Waals surface area contributed by atoms with Crippen LogP contribution < -0.4 is 20.7 Å². The first-order valence-electron chi connectivity index (χ1n) is 23.4. The SMILES string of the molecule is CC(C)(C)c1ccc(N2c3cc(N(c4ccccc4)c4ccccc4)ccc3B3c4c(cc5oc6ccccc6c5c42)-c2cccc4c5c6ccccc6ccc5n3c24)c(-c2ccccc2)c1. The monoisotopic (exact) mass is 857 g/mol. The van der Waals surface area contributed by atoms with Crippen LogP contribution >= 0.6 is 0 Å². The third-order valence-electron chi connectivity index (χ3n) is 14.5. The van der Waals surface area contributed by atoms with Crippen LogP contribution in [-0.4, -0.2) is 11.3 Å². The van der Waals surface area contributed by atoms with E-state index in [1.165, 1.54) is 71.3 Å². The Labute approximate surface area is 389 Å². The highest BCUT2D eigenvalue weighted by Crippen LogP contribution is 2.53. The Hall–Kier alpha value is -8.28. The third-order valence-corrected chi connectivity index (χ3v) is 14.5. The molecule has 2 aliphatic rings. The lowest BCUT2D eigenvalue weighted by atomic mass is 9.45. The normalized spacial score (nSPS) is 12.9. The fourth-order valence-electron chi connectivity index (χ4n) is 11.5. The van der Waals surface area contributed by atoms with E-state index in [9.17, 15) is 0 Å². The standard InChI is InChI=1S/C62H44BN3O/c1-62(2,3)41-31-35-52(49(36-41)39-18-7-4-8-19-39)65-54-37-44(64(42-21-9-5-10-22-42)43-23-11-6-12-24-43)32-33-51(54)63-59-50(38-56-58(61(59)65)47-26-15-16-29-55(47)67-56)46-27-17-28-48-57-45-25-14-13-20-40(45)30-34-53(57)66(63)60(46)48/h4-38H,1-3H3. The summed E-state index contributed by atoms with van der Waals surface area (Å²) in [5.74, 6) is 0. The van der Waals surface area contributed by atoms with Gasteiger partial charge in [0.1, 0.15) is 11.2 Å². The number of anilines is 6. The summed E-state index contributed by atoms with van der Waals surface area (Å²) >= 11 is 0. The van der Waals surface area contributed by atoms with Crippen molar-refractivity contribution >= 4 is 106 Å². The van der Waals surface area contributed by atoms with E-state index in [1.807, 2.05) is 0 Å². The van der Waals surface area contributed by atoms with Gasteiger partial charge in [-0.1, -0.05) is 166 Å². The second kappa shape index (κ2) is 14.1. The van der Waals surface area contributed by atoms with E-state index in [0.29, 0.717) is 0 Å². The van der Waals surface area contributed by atoms with Gasteiger partial charge in [0.15, 0.2) is 0 Å². The zero-order valence-corrected chi connectivity index (χ0v) is 37.5. The first-order chi connectivity index (χ1) is 32.9. The highest BCUT2D eigenvalue weighted by atomic mass is 16.3. The molecular weight excluding hydrogens is 814 g/mol. The van der Waals surface area contributed by atoms with E-state index in [1.54, 1.807) is 0 Å². The third kappa shape index (κ3) is 5.49. The Morgan fingerprint density at radius 2 is 1.16 bits per heavy atom. The summed E-state index contributed by atoms with van der Waals surface area (Å²) in [7, 11) is 0.